The van der Waals surface area contributed by atoms with Crippen molar-refractivity contribution in [2.24, 2.45) is 0 Å². The smallest absolute Gasteiger partial charge is 0.252 e. The molecule has 0 spiro atoms. The van der Waals surface area contributed by atoms with E-state index in [1.807, 2.05) is 48.5 Å². The monoisotopic (exact) mass is 658 g/mol. The van der Waals surface area contributed by atoms with Gasteiger partial charge in [-0.05, 0) is 35.4 Å². The van der Waals surface area contributed by atoms with Crippen molar-refractivity contribution in [1.29, 1.82) is 0 Å². The van der Waals surface area contributed by atoms with Crippen LogP contribution in [0, 0.1) is 0 Å². The van der Waals surface area contributed by atoms with Crippen LogP contribution in [0.4, 0.5) is 5.82 Å². The van der Waals surface area contributed by atoms with Gasteiger partial charge >= 0.3 is 0 Å². The van der Waals surface area contributed by atoms with Gasteiger partial charge in [-0.3, -0.25) is 9.36 Å². The van der Waals surface area contributed by atoms with Gasteiger partial charge in [0.1, 0.15) is 36.1 Å². The van der Waals surface area contributed by atoms with Crippen molar-refractivity contribution in [3.8, 4) is 11.5 Å². The molecule has 1 fully saturated rings. The second-order valence-electron chi connectivity index (χ2n) is 10.7. The number of benzene rings is 3. The molecule has 1 amide bonds. The molecule has 3 aromatic carbocycles. The minimum atomic E-state index is -1.23. The first-order valence-corrected chi connectivity index (χ1v) is 15.6. The SMILES string of the molecule is COc1cc(OC)cc(C(=O)N[C@@H]2[C@H](O)[C@@H](CO)O[C@H]2n2cnc3c(NCc4ccccc4Sc4ccccc4CO)ncnc32)c1. The number of aromatic nitrogens is 4. The van der Waals surface area contributed by atoms with Crippen LogP contribution in [0.2, 0.25) is 0 Å². The predicted octanol–water partition coefficient (Wildman–Crippen LogP) is 3.15. The maximum absolute atomic E-state index is 13.4. The maximum Gasteiger partial charge on any atom is 0.252 e. The molecule has 13 nitrogen and oxygen atoms in total. The van der Waals surface area contributed by atoms with Gasteiger partial charge in [0.05, 0.1) is 33.8 Å². The van der Waals surface area contributed by atoms with Crippen LogP contribution < -0.4 is 20.1 Å². The van der Waals surface area contributed by atoms with Gasteiger partial charge in [0.2, 0.25) is 0 Å². The van der Waals surface area contributed by atoms with E-state index in [9.17, 15) is 20.1 Å². The van der Waals surface area contributed by atoms with E-state index in [0.717, 1.165) is 20.9 Å². The molecule has 14 heteroatoms. The number of carbonyl (C=O) groups excluding carboxylic acids is 1. The number of ether oxygens (including phenoxy) is 3. The lowest BCUT2D eigenvalue weighted by atomic mass is 10.1. The third-order valence-corrected chi connectivity index (χ3v) is 9.11. The summed E-state index contributed by atoms with van der Waals surface area (Å²) in [5.41, 5.74) is 2.98. The summed E-state index contributed by atoms with van der Waals surface area (Å²) in [5.74, 6) is 0.829. The summed E-state index contributed by atoms with van der Waals surface area (Å²) < 4.78 is 18.2. The molecule has 1 aliphatic rings. The Bertz CT molecular complexity index is 1850. The lowest BCUT2D eigenvalue weighted by Crippen LogP contribution is -2.46. The van der Waals surface area contributed by atoms with E-state index >= 15 is 0 Å². The predicted molar refractivity (Wildman–Crippen MR) is 173 cm³/mol. The zero-order valence-electron chi connectivity index (χ0n) is 25.6. The number of anilines is 1. The van der Waals surface area contributed by atoms with Gasteiger partial charge in [-0.1, -0.05) is 48.2 Å². The minimum absolute atomic E-state index is 0.0494. The molecule has 47 heavy (non-hydrogen) atoms. The van der Waals surface area contributed by atoms with Crippen molar-refractivity contribution in [2.45, 2.75) is 47.4 Å². The Morgan fingerprint density at radius 3 is 2.32 bits per heavy atom. The fourth-order valence-corrected chi connectivity index (χ4v) is 6.48. The molecule has 0 bridgehead atoms. The lowest BCUT2D eigenvalue weighted by molar-refractivity contribution is -0.0440. The normalized spacial score (nSPS) is 19.1. The first-order chi connectivity index (χ1) is 22.9. The molecule has 244 valence electrons. The average Bonchev–Trinajstić information content (AvgIpc) is 3.68. The number of nitrogens with one attached hydrogen (secondary N) is 2. The van der Waals surface area contributed by atoms with Crippen LogP contribution >= 0.6 is 11.8 Å². The Labute approximate surface area is 274 Å². The molecular weight excluding hydrogens is 624 g/mol. The van der Waals surface area contributed by atoms with Crippen LogP contribution in [0.1, 0.15) is 27.7 Å². The minimum Gasteiger partial charge on any atom is -0.497 e. The molecule has 0 aliphatic carbocycles. The summed E-state index contributed by atoms with van der Waals surface area (Å²) in [5, 5.41) is 37.0. The number of carbonyl (C=O) groups is 1. The zero-order chi connectivity index (χ0) is 32.9. The fraction of sp³-hybridized carbons (Fsp3) is 0.273. The molecule has 5 aromatic rings. The third kappa shape index (κ3) is 6.73. The molecule has 5 N–H and O–H groups in total. The van der Waals surface area contributed by atoms with Gasteiger partial charge in [0.15, 0.2) is 23.2 Å². The van der Waals surface area contributed by atoms with Crippen LogP contribution in [0.15, 0.2) is 89.2 Å². The number of aliphatic hydroxyl groups is 3. The number of amides is 1. The summed E-state index contributed by atoms with van der Waals surface area (Å²) in [6, 6.07) is 19.5. The van der Waals surface area contributed by atoms with Crippen molar-refractivity contribution >= 4 is 34.7 Å². The largest absolute Gasteiger partial charge is 0.497 e. The van der Waals surface area contributed by atoms with E-state index < -0.39 is 37.0 Å². The van der Waals surface area contributed by atoms with Crippen molar-refractivity contribution in [3.63, 3.8) is 0 Å². The highest BCUT2D eigenvalue weighted by molar-refractivity contribution is 7.99. The molecule has 0 radical (unpaired) electrons. The Morgan fingerprint density at radius 1 is 0.957 bits per heavy atom. The summed E-state index contributed by atoms with van der Waals surface area (Å²) in [4.78, 5) is 28.8. The molecule has 1 aliphatic heterocycles. The Morgan fingerprint density at radius 2 is 1.64 bits per heavy atom. The Kier molecular flexibility index (Phi) is 9.84. The fourth-order valence-electron chi connectivity index (χ4n) is 5.41. The van der Waals surface area contributed by atoms with E-state index in [1.54, 1.807) is 34.5 Å². The van der Waals surface area contributed by atoms with E-state index in [0.29, 0.717) is 35.0 Å². The van der Waals surface area contributed by atoms with Crippen LogP contribution in [0.25, 0.3) is 11.2 Å². The van der Waals surface area contributed by atoms with E-state index in [4.69, 9.17) is 14.2 Å². The molecule has 3 heterocycles. The van der Waals surface area contributed by atoms with Gasteiger partial charge in [-0.25, -0.2) is 15.0 Å². The molecular formula is C33H34N6O7S. The number of methoxy groups -OCH3 is 2. The Balaban J connectivity index is 1.24. The van der Waals surface area contributed by atoms with E-state index in [-0.39, 0.29) is 12.2 Å². The van der Waals surface area contributed by atoms with Crippen molar-refractivity contribution in [2.75, 3.05) is 26.1 Å². The molecule has 4 atom stereocenters. The standard InChI is InChI=1S/C33H34N6O7S/c1-44-22-11-21(12-23(13-22)45-2)32(43)38-27-29(42)24(16-41)46-33(27)39-18-37-28-30(35-17-36-31(28)39)34-14-19-7-3-5-9-25(19)47-26-10-6-4-8-20(26)15-40/h3-13,17-18,24,27,29,33,40-42H,14-16H2,1-2H3,(H,38,43)(H,34,35,36)/t24-,27-,29-,33-/m1/s1. The van der Waals surface area contributed by atoms with Crippen molar-refractivity contribution in [1.82, 2.24) is 24.8 Å². The van der Waals surface area contributed by atoms with E-state index in [1.165, 1.54) is 26.9 Å². The number of nitrogens with zero attached hydrogens (tertiary/aromatic N) is 4. The second-order valence-corrected chi connectivity index (χ2v) is 11.8. The third-order valence-electron chi connectivity index (χ3n) is 7.88. The van der Waals surface area contributed by atoms with Crippen LogP contribution in [0.3, 0.4) is 0 Å². The van der Waals surface area contributed by atoms with Crippen molar-refractivity contribution < 1.29 is 34.3 Å². The van der Waals surface area contributed by atoms with E-state index in [2.05, 4.69) is 25.6 Å². The first kappa shape index (κ1) is 32.2. The highest BCUT2D eigenvalue weighted by Crippen LogP contribution is 2.35. The topological polar surface area (TPSA) is 173 Å². The van der Waals surface area contributed by atoms with Crippen molar-refractivity contribution in [3.05, 3.63) is 96.1 Å². The summed E-state index contributed by atoms with van der Waals surface area (Å²) >= 11 is 1.57. The van der Waals surface area contributed by atoms with Crippen LogP contribution in [0.5, 0.6) is 11.5 Å². The van der Waals surface area contributed by atoms with Gasteiger partial charge in [0.25, 0.3) is 5.91 Å². The second kappa shape index (κ2) is 14.4. The highest BCUT2D eigenvalue weighted by atomic mass is 32.2. The van der Waals surface area contributed by atoms with Gasteiger partial charge in [0, 0.05) is 28.0 Å². The molecule has 0 saturated carbocycles. The maximum atomic E-state index is 13.4. The summed E-state index contributed by atoms with van der Waals surface area (Å²) in [7, 11) is 2.97. The first-order valence-electron chi connectivity index (χ1n) is 14.8. The summed E-state index contributed by atoms with van der Waals surface area (Å²) in [6.45, 7) is -0.0881. The molecule has 2 aromatic heterocycles. The molecule has 6 rings (SSSR count). The quantitative estimate of drug-likeness (QED) is 0.133. The number of aliphatic hydroxyl groups excluding tert-OH is 3. The number of fused-ring (bicyclic) bond motifs is 1. The Hall–Kier alpha value is -4.73. The highest BCUT2D eigenvalue weighted by Gasteiger charge is 2.46. The number of rotatable bonds is 12. The van der Waals surface area contributed by atoms with Crippen LogP contribution in [-0.2, 0) is 17.9 Å². The number of hydrogen-bond donors (Lipinski definition) is 5. The number of hydrogen-bond acceptors (Lipinski definition) is 12. The van der Waals surface area contributed by atoms with Gasteiger partial charge < -0.3 is 40.2 Å². The average molecular weight is 659 g/mol. The van der Waals surface area contributed by atoms with Gasteiger partial charge in [-0.2, -0.15) is 0 Å². The number of imidazole rings is 1. The molecule has 0 unspecified atom stereocenters. The molecule has 1 saturated heterocycles. The lowest BCUT2D eigenvalue weighted by Gasteiger charge is -2.23. The summed E-state index contributed by atoms with van der Waals surface area (Å²) in [6.07, 6.45) is -0.248. The van der Waals surface area contributed by atoms with Gasteiger partial charge in [-0.15, -0.1) is 0 Å². The van der Waals surface area contributed by atoms with Crippen LogP contribution in [-0.4, -0.2) is 79.8 Å². The zero-order valence-corrected chi connectivity index (χ0v) is 26.4.